The minimum atomic E-state index is 0.282. The number of nitrogens with zero attached hydrogens (tertiary/aromatic N) is 1. The minimum absolute atomic E-state index is 0.282. The highest BCUT2D eigenvalue weighted by Crippen LogP contribution is 2.28. The van der Waals surface area contributed by atoms with E-state index < -0.39 is 0 Å². The van der Waals surface area contributed by atoms with Gasteiger partial charge in [0.25, 0.3) is 0 Å². The number of ether oxygens (including phenoxy) is 1. The van der Waals surface area contributed by atoms with Crippen molar-refractivity contribution in [1.82, 2.24) is 9.88 Å². The van der Waals surface area contributed by atoms with Gasteiger partial charge in [-0.1, -0.05) is 30.3 Å². The number of rotatable bonds is 3. The maximum Gasteiger partial charge on any atom is 0.119 e. The molecule has 1 aromatic heterocycles. The van der Waals surface area contributed by atoms with E-state index in [1.165, 1.54) is 22.5 Å². The lowest BCUT2D eigenvalue weighted by molar-refractivity contribution is 0.413. The van der Waals surface area contributed by atoms with E-state index >= 15 is 0 Å². The van der Waals surface area contributed by atoms with Gasteiger partial charge in [-0.3, -0.25) is 0 Å². The number of aromatic nitrogens is 1. The largest absolute Gasteiger partial charge is 0.497 e. The van der Waals surface area contributed by atoms with E-state index in [-0.39, 0.29) is 6.04 Å². The van der Waals surface area contributed by atoms with Gasteiger partial charge in [0.1, 0.15) is 5.75 Å². The molecule has 1 unspecified atom stereocenters. The number of hydrogen-bond donors (Lipinski definition) is 1. The molecule has 116 valence electrons. The molecule has 0 fully saturated rings. The minimum Gasteiger partial charge on any atom is -0.497 e. The van der Waals surface area contributed by atoms with Crippen molar-refractivity contribution in [1.29, 1.82) is 0 Å². The summed E-state index contributed by atoms with van der Waals surface area (Å²) in [5, 5.41) is 3.70. The Kier molecular flexibility index (Phi) is 3.64. The molecule has 3 heteroatoms. The van der Waals surface area contributed by atoms with Gasteiger partial charge in [0.05, 0.1) is 13.2 Å². The number of hydrogen-bond acceptors (Lipinski definition) is 2. The lowest BCUT2D eigenvalue weighted by Crippen LogP contribution is -2.22. The molecule has 0 saturated carbocycles. The van der Waals surface area contributed by atoms with Crippen molar-refractivity contribution in [2.45, 2.75) is 19.0 Å². The number of nitrogens with one attached hydrogen (secondary N) is 1. The molecule has 0 aliphatic carbocycles. The fraction of sp³-hybridized carbons (Fsp3) is 0.200. The van der Waals surface area contributed by atoms with Gasteiger partial charge in [0.15, 0.2) is 0 Å². The van der Waals surface area contributed by atoms with Crippen molar-refractivity contribution in [2.75, 3.05) is 7.11 Å². The second-order valence-corrected chi connectivity index (χ2v) is 5.92. The van der Waals surface area contributed by atoms with Gasteiger partial charge in [-0.2, -0.15) is 0 Å². The van der Waals surface area contributed by atoms with Crippen LogP contribution in [0.25, 0.3) is 5.69 Å². The second-order valence-electron chi connectivity index (χ2n) is 5.92. The lowest BCUT2D eigenvalue weighted by Gasteiger charge is -2.18. The van der Waals surface area contributed by atoms with Gasteiger partial charge >= 0.3 is 0 Å². The first-order valence-corrected chi connectivity index (χ1v) is 7.97. The van der Waals surface area contributed by atoms with E-state index in [0.29, 0.717) is 0 Å². The van der Waals surface area contributed by atoms with Crippen molar-refractivity contribution in [2.24, 2.45) is 0 Å². The van der Waals surface area contributed by atoms with E-state index in [1.54, 1.807) is 7.11 Å². The first-order valence-electron chi connectivity index (χ1n) is 7.97. The standard InChI is InChI=1S/C20H20N2O/c1-23-17-8-4-6-15(12-17)13-18-20-10-5-11-22(20)19-9-3-2-7-16(19)14-21-18/h2-12,18,21H,13-14H2,1H3. The van der Waals surface area contributed by atoms with Crippen LogP contribution < -0.4 is 10.1 Å². The summed E-state index contributed by atoms with van der Waals surface area (Å²) in [6.07, 6.45) is 3.09. The van der Waals surface area contributed by atoms with Gasteiger partial charge in [0, 0.05) is 24.1 Å². The Morgan fingerprint density at radius 2 is 2.00 bits per heavy atom. The van der Waals surface area contributed by atoms with E-state index in [1.807, 2.05) is 6.07 Å². The van der Waals surface area contributed by atoms with Crippen LogP contribution in [0.2, 0.25) is 0 Å². The van der Waals surface area contributed by atoms with Crippen molar-refractivity contribution in [3.8, 4) is 11.4 Å². The van der Waals surface area contributed by atoms with Crippen LogP contribution >= 0.6 is 0 Å². The average molecular weight is 304 g/mol. The Morgan fingerprint density at radius 3 is 2.91 bits per heavy atom. The molecular weight excluding hydrogens is 284 g/mol. The van der Waals surface area contributed by atoms with Crippen LogP contribution in [0.5, 0.6) is 5.75 Å². The van der Waals surface area contributed by atoms with Gasteiger partial charge in [0.2, 0.25) is 0 Å². The molecule has 0 spiro atoms. The smallest absolute Gasteiger partial charge is 0.119 e. The zero-order valence-electron chi connectivity index (χ0n) is 13.2. The average Bonchev–Trinajstić information content (AvgIpc) is 3.03. The molecular formula is C20H20N2O. The number of para-hydroxylation sites is 1. The summed E-state index contributed by atoms with van der Waals surface area (Å²) < 4.78 is 7.65. The topological polar surface area (TPSA) is 26.2 Å². The van der Waals surface area contributed by atoms with E-state index in [2.05, 4.69) is 70.7 Å². The van der Waals surface area contributed by atoms with Crippen LogP contribution in [0.3, 0.4) is 0 Å². The molecule has 1 N–H and O–H groups in total. The van der Waals surface area contributed by atoms with Crippen LogP contribution in [0, 0.1) is 0 Å². The van der Waals surface area contributed by atoms with Crippen LogP contribution in [0.15, 0.2) is 66.9 Å². The van der Waals surface area contributed by atoms with E-state index in [0.717, 1.165) is 18.7 Å². The second kappa shape index (κ2) is 5.94. The molecule has 1 aliphatic rings. The quantitative estimate of drug-likeness (QED) is 0.795. The highest BCUT2D eigenvalue weighted by molar-refractivity contribution is 5.45. The summed E-state index contributed by atoms with van der Waals surface area (Å²) in [6, 6.07) is 21.5. The third-order valence-corrected chi connectivity index (χ3v) is 4.50. The van der Waals surface area contributed by atoms with Crippen LogP contribution in [0.1, 0.15) is 22.9 Å². The van der Waals surface area contributed by atoms with Crippen LogP contribution in [-0.2, 0) is 13.0 Å². The molecule has 4 rings (SSSR count). The van der Waals surface area contributed by atoms with Gasteiger partial charge in [-0.25, -0.2) is 0 Å². The van der Waals surface area contributed by atoms with Crippen molar-refractivity contribution < 1.29 is 4.74 Å². The summed E-state index contributed by atoms with van der Waals surface area (Å²) in [4.78, 5) is 0. The summed E-state index contributed by atoms with van der Waals surface area (Å²) in [5.74, 6) is 0.912. The Hall–Kier alpha value is -2.52. The molecule has 0 amide bonds. The molecule has 0 saturated heterocycles. The van der Waals surface area contributed by atoms with Crippen LogP contribution in [-0.4, -0.2) is 11.7 Å². The maximum atomic E-state index is 5.35. The van der Waals surface area contributed by atoms with E-state index in [9.17, 15) is 0 Å². The molecule has 1 aliphatic heterocycles. The first kappa shape index (κ1) is 14.1. The fourth-order valence-corrected chi connectivity index (χ4v) is 3.34. The molecule has 0 radical (unpaired) electrons. The van der Waals surface area contributed by atoms with Crippen LogP contribution in [0.4, 0.5) is 0 Å². The Bertz CT molecular complexity index is 822. The summed E-state index contributed by atoms with van der Waals surface area (Å²) in [7, 11) is 1.71. The predicted octanol–water partition coefficient (Wildman–Crippen LogP) is 3.87. The first-order chi connectivity index (χ1) is 11.3. The number of fused-ring (bicyclic) bond motifs is 3. The summed E-state index contributed by atoms with van der Waals surface area (Å²) in [6.45, 7) is 0.881. The number of benzene rings is 2. The molecule has 3 nitrogen and oxygen atoms in total. The fourth-order valence-electron chi connectivity index (χ4n) is 3.34. The predicted molar refractivity (Wildman–Crippen MR) is 92.0 cm³/mol. The van der Waals surface area contributed by atoms with Gasteiger partial charge < -0.3 is 14.6 Å². The van der Waals surface area contributed by atoms with Gasteiger partial charge in [-0.05, 0) is 47.9 Å². The van der Waals surface area contributed by atoms with E-state index in [4.69, 9.17) is 4.74 Å². The Morgan fingerprint density at radius 1 is 1.09 bits per heavy atom. The van der Waals surface area contributed by atoms with Crippen molar-refractivity contribution >= 4 is 0 Å². The maximum absolute atomic E-state index is 5.35. The third kappa shape index (κ3) is 2.64. The molecule has 2 aromatic carbocycles. The summed E-state index contributed by atoms with van der Waals surface area (Å²) in [5.41, 5.74) is 5.18. The molecule has 0 bridgehead atoms. The molecule has 1 atom stereocenters. The van der Waals surface area contributed by atoms with Crippen molar-refractivity contribution in [3.05, 3.63) is 83.7 Å². The monoisotopic (exact) mass is 304 g/mol. The SMILES string of the molecule is COc1cccc(CC2NCc3ccccc3-n3cccc32)c1. The highest BCUT2D eigenvalue weighted by Gasteiger charge is 2.21. The third-order valence-electron chi connectivity index (χ3n) is 4.50. The molecule has 23 heavy (non-hydrogen) atoms. The lowest BCUT2D eigenvalue weighted by atomic mass is 10.0. The van der Waals surface area contributed by atoms with Crippen molar-refractivity contribution in [3.63, 3.8) is 0 Å². The highest BCUT2D eigenvalue weighted by atomic mass is 16.5. The summed E-state index contributed by atoms with van der Waals surface area (Å²) >= 11 is 0. The zero-order valence-corrected chi connectivity index (χ0v) is 13.2. The number of methoxy groups -OCH3 is 1. The Balaban J connectivity index is 1.69. The normalized spacial score (nSPS) is 16.3. The molecule has 2 heterocycles. The zero-order chi connectivity index (χ0) is 15.6. The Labute approximate surface area is 136 Å². The van der Waals surface area contributed by atoms with Gasteiger partial charge in [-0.15, -0.1) is 0 Å². The molecule has 3 aromatic rings.